The molecular weight excluding hydrogens is 248 g/mol. The zero-order valence-electron chi connectivity index (χ0n) is 10.8. The van der Waals surface area contributed by atoms with Crippen molar-refractivity contribution in [3.05, 3.63) is 34.5 Å². The van der Waals surface area contributed by atoms with Crippen LogP contribution in [0.4, 0.5) is 0 Å². The number of ether oxygens (including phenoxy) is 2. The first-order valence-corrected chi connectivity index (χ1v) is 7.01. The van der Waals surface area contributed by atoms with Gasteiger partial charge >= 0.3 is 5.97 Å². The molecule has 0 fully saturated rings. The summed E-state index contributed by atoms with van der Waals surface area (Å²) in [5.41, 5.74) is 0.437. The van der Waals surface area contributed by atoms with Gasteiger partial charge in [-0.3, -0.25) is 0 Å². The van der Waals surface area contributed by atoms with Crippen LogP contribution in [0.25, 0.3) is 0 Å². The molecule has 0 amide bonds. The molecule has 0 unspecified atom stereocenters. The van der Waals surface area contributed by atoms with Crippen LogP contribution in [0.3, 0.4) is 0 Å². The SMILES string of the molecule is C=C(C)C(=O)OCCCOCCCc1cccs1. The van der Waals surface area contributed by atoms with Crippen LogP contribution in [0.5, 0.6) is 0 Å². The van der Waals surface area contributed by atoms with Gasteiger partial charge in [0.05, 0.1) is 6.61 Å². The van der Waals surface area contributed by atoms with Crippen LogP contribution >= 0.6 is 11.3 Å². The van der Waals surface area contributed by atoms with Gasteiger partial charge in [0.2, 0.25) is 0 Å². The van der Waals surface area contributed by atoms with E-state index in [9.17, 15) is 4.79 Å². The first kappa shape index (κ1) is 14.9. The Hall–Kier alpha value is -1.13. The molecular formula is C14H20O3S. The number of thiophene rings is 1. The second-order valence-corrected chi connectivity index (χ2v) is 5.10. The highest BCUT2D eigenvalue weighted by Crippen LogP contribution is 2.10. The van der Waals surface area contributed by atoms with Gasteiger partial charge in [-0.25, -0.2) is 4.79 Å². The molecule has 1 rings (SSSR count). The van der Waals surface area contributed by atoms with Crippen molar-refractivity contribution in [2.75, 3.05) is 19.8 Å². The molecule has 1 aromatic heterocycles. The minimum atomic E-state index is -0.326. The first-order chi connectivity index (χ1) is 8.70. The molecule has 3 nitrogen and oxygen atoms in total. The number of hydrogen-bond donors (Lipinski definition) is 0. The zero-order chi connectivity index (χ0) is 13.2. The van der Waals surface area contributed by atoms with Crippen LogP contribution in [-0.4, -0.2) is 25.8 Å². The van der Waals surface area contributed by atoms with Crippen LogP contribution in [0.15, 0.2) is 29.7 Å². The van der Waals surface area contributed by atoms with Gasteiger partial charge < -0.3 is 9.47 Å². The van der Waals surface area contributed by atoms with Crippen molar-refractivity contribution in [1.82, 2.24) is 0 Å². The monoisotopic (exact) mass is 268 g/mol. The number of aryl methyl sites for hydroxylation is 1. The van der Waals surface area contributed by atoms with Crippen molar-refractivity contribution in [1.29, 1.82) is 0 Å². The summed E-state index contributed by atoms with van der Waals surface area (Å²) >= 11 is 1.78. The van der Waals surface area contributed by atoms with Gasteiger partial charge in [-0.05, 0) is 31.2 Å². The van der Waals surface area contributed by atoms with Crippen LogP contribution in [0, 0.1) is 0 Å². The predicted molar refractivity (Wildman–Crippen MR) is 73.8 cm³/mol. The summed E-state index contributed by atoms with van der Waals surface area (Å²) < 4.78 is 10.4. The topological polar surface area (TPSA) is 35.5 Å². The van der Waals surface area contributed by atoms with Gasteiger partial charge in [-0.1, -0.05) is 12.6 Å². The number of carbonyl (C=O) groups excluding carboxylic acids is 1. The summed E-state index contributed by atoms with van der Waals surface area (Å²) in [6.07, 6.45) is 2.84. The second-order valence-electron chi connectivity index (χ2n) is 4.07. The average molecular weight is 268 g/mol. The van der Waals surface area contributed by atoms with Gasteiger partial charge in [0.15, 0.2) is 0 Å². The van der Waals surface area contributed by atoms with E-state index in [0.29, 0.717) is 18.8 Å². The van der Waals surface area contributed by atoms with E-state index >= 15 is 0 Å². The Kier molecular flexibility index (Phi) is 7.37. The highest BCUT2D eigenvalue weighted by atomic mass is 32.1. The molecule has 0 saturated carbocycles. The smallest absolute Gasteiger partial charge is 0.333 e. The molecule has 4 heteroatoms. The minimum absolute atomic E-state index is 0.326. The molecule has 0 aliphatic rings. The molecule has 100 valence electrons. The first-order valence-electron chi connectivity index (χ1n) is 6.13. The standard InChI is InChI=1S/C14H20O3S/c1-12(2)14(15)17-10-5-9-16-8-3-6-13-7-4-11-18-13/h4,7,11H,1,3,5-6,8-10H2,2H3. The predicted octanol–water partition coefficient (Wildman–Crippen LogP) is 3.21. The maximum absolute atomic E-state index is 11.0. The van der Waals surface area contributed by atoms with Crippen LogP contribution in [0.1, 0.15) is 24.6 Å². The van der Waals surface area contributed by atoms with E-state index in [1.54, 1.807) is 18.3 Å². The molecule has 1 heterocycles. The van der Waals surface area contributed by atoms with Crippen molar-refractivity contribution in [2.24, 2.45) is 0 Å². The lowest BCUT2D eigenvalue weighted by atomic mass is 10.3. The molecule has 0 atom stereocenters. The fourth-order valence-corrected chi connectivity index (χ4v) is 2.11. The Morgan fingerprint density at radius 3 is 2.78 bits per heavy atom. The molecule has 18 heavy (non-hydrogen) atoms. The van der Waals surface area contributed by atoms with Gasteiger partial charge in [0.25, 0.3) is 0 Å². The van der Waals surface area contributed by atoms with E-state index in [1.165, 1.54) is 4.88 Å². The quantitative estimate of drug-likeness (QED) is 0.392. The summed E-state index contributed by atoms with van der Waals surface area (Å²) in [4.78, 5) is 12.4. The molecule has 0 bridgehead atoms. The summed E-state index contributed by atoms with van der Waals surface area (Å²) in [5.74, 6) is -0.326. The van der Waals surface area contributed by atoms with Gasteiger partial charge in [-0.2, -0.15) is 0 Å². The van der Waals surface area contributed by atoms with Crippen molar-refractivity contribution >= 4 is 17.3 Å². The average Bonchev–Trinajstić information content (AvgIpc) is 2.85. The van der Waals surface area contributed by atoms with Gasteiger partial charge in [0.1, 0.15) is 0 Å². The Labute approximate surface area is 112 Å². The Morgan fingerprint density at radius 1 is 1.33 bits per heavy atom. The third-order valence-corrected chi connectivity index (χ3v) is 3.24. The molecule has 0 spiro atoms. The van der Waals surface area contributed by atoms with Gasteiger partial charge in [0, 0.05) is 30.1 Å². The zero-order valence-corrected chi connectivity index (χ0v) is 11.6. The molecule has 1 aromatic rings. The number of carbonyl (C=O) groups is 1. The third-order valence-electron chi connectivity index (χ3n) is 2.31. The summed E-state index contributed by atoms with van der Waals surface area (Å²) in [6, 6.07) is 4.21. The van der Waals surface area contributed by atoms with E-state index in [0.717, 1.165) is 25.9 Å². The second kappa shape index (κ2) is 8.89. The van der Waals surface area contributed by atoms with Crippen molar-refractivity contribution in [2.45, 2.75) is 26.2 Å². The van der Waals surface area contributed by atoms with E-state index in [-0.39, 0.29) is 5.97 Å². The van der Waals surface area contributed by atoms with E-state index < -0.39 is 0 Å². The van der Waals surface area contributed by atoms with E-state index in [4.69, 9.17) is 9.47 Å². The highest BCUT2D eigenvalue weighted by Gasteiger charge is 2.01. The highest BCUT2D eigenvalue weighted by molar-refractivity contribution is 7.09. The molecule has 0 saturated heterocycles. The van der Waals surface area contributed by atoms with Gasteiger partial charge in [-0.15, -0.1) is 11.3 Å². The normalized spacial score (nSPS) is 10.3. The third kappa shape index (κ3) is 6.57. The van der Waals surface area contributed by atoms with Crippen LogP contribution in [-0.2, 0) is 20.7 Å². The minimum Gasteiger partial charge on any atom is -0.462 e. The van der Waals surface area contributed by atoms with Crippen molar-refractivity contribution < 1.29 is 14.3 Å². The molecule has 0 aromatic carbocycles. The lowest BCUT2D eigenvalue weighted by Gasteiger charge is -2.05. The summed E-state index contributed by atoms with van der Waals surface area (Å²) in [5, 5.41) is 2.09. The van der Waals surface area contributed by atoms with Crippen LogP contribution < -0.4 is 0 Å². The molecule has 0 N–H and O–H groups in total. The molecule has 0 aliphatic heterocycles. The lowest BCUT2D eigenvalue weighted by molar-refractivity contribution is -0.139. The number of rotatable bonds is 9. The Bertz CT molecular complexity index is 357. The maximum atomic E-state index is 11.0. The summed E-state index contributed by atoms with van der Waals surface area (Å²) in [7, 11) is 0. The van der Waals surface area contributed by atoms with Crippen molar-refractivity contribution in [3.8, 4) is 0 Å². The number of esters is 1. The van der Waals surface area contributed by atoms with Crippen molar-refractivity contribution in [3.63, 3.8) is 0 Å². The van der Waals surface area contributed by atoms with E-state index in [1.807, 2.05) is 0 Å². The Morgan fingerprint density at radius 2 is 2.11 bits per heavy atom. The maximum Gasteiger partial charge on any atom is 0.333 e. The summed E-state index contributed by atoms with van der Waals surface area (Å²) in [6.45, 7) is 6.94. The fraction of sp³-hybridized carbons (Fsp3) is 0.500. The molecule has 0 radical (unpaired) electrons. The number of hydrogen-bond acceptors (Lipinski definition) is 4. The van der Waals surface area contributed by atoms with Crippen LogP contribution in [0.2, 0.25) is 0 Å². The Balaban J connectivity index is 1.87. The fourth-order valence-electron chi connectivity index (χ4n) is 1.35. The van der Waals surface area contributed by atoms with E-state index in [2.05, 4.69) is 24.1 Å². The lowest BCUT2D eigenvalue weighted by Crippen LogP contribution is -2.08. The largest absolute Gasteiger partial charge is 0.462 e. The molecule has 0 aliphatic carbocycles.